The summed E-state index contributed by atoms with van der Waals surface area (Å²) in [7, 11) is 1.45. The van der Waals surface area contributed by atoms with Gasteiger partial charge in [0.2, 0.25) is 0 Å². The number of nitrogens with one attached hydrogen (secondary N) is 2. The molecule has 1 heterocycles. The Balaban J connectivity index is 0.00000625. The Bertz CT molecular complexity index is 542. The lowest BCUT2D eigenvalue weighted by molar-refractivity contribution is -0.142. The Labute approximate surface area is 169 Å². The predicted molar refractivity (Wildman–Crippen MR) is 107 cm³/mol. The molecule has 0 aliphatic carbocycles. The summed E-state index contributed by atoms with van der Waals surface area (Å²) in [6.45, 7) is 5.17. The van der Waals surface area contributed by atoms with Crippen molar-refractivity contribution in [2.45, 2.75) is 45.8 Å². The van der Waals surface area contributed by atoms with Crippen LogP contribution in [0.4, 0.5) is 13.2 Å². The van der Waals surface area contributed by atoms with Crippen molar-refractivity contribution >= 4 is 29.9 Å². The first-order valence-electron chi connectivity index (χ1n) is 8.54. The van der Waals surface area contributed by atoms with Gasteiger partial charge in [0.25, 0.3) is 0 Å². The van der Waals surface area contributed by atoms with E-state index in [1.807, 2.05) is 6.92 Å². The van der Waals surface area contributed by atoms with Crippen molar-refractivity contribution in [3.05, 3.63) is 17.5 Å². The summed E-state index contributed by atoms with van der Waals surface area (Å²) >= 11 is 0. The third-order valence-electron chi connectivity index (χ3n) is 3.72. The third kappa shape index (κ3) is 8.56. The lowest BCUT2D eigenvalue weighted by Gasteiger charge is -2.18. The van der Waals surface area contributed by atoms with Crippen LogP contribution in [0.25, 0.3) is 0 Å². The van der Waals surface area contributed by atoms with Crippen LogP contribution in [-0.2, 0) is 19.8 Å². The van der Waals surface area contributed by atoms with E-state index >= 15 is 0 Å². The third-order valence-corrected chi connectivity index (χ3v) is 3.72. The summed E-state index contributed by atoms with van der Waals surface area (Å²) in [6.07, 6.45) is -0.508. The maximum atomic E-state index is 13.0. The zero-order valence-electron chi connectivity index (χ0n) is 15.4. The number of aromatic nitrogens is 2. The van der Waals surface area contributed by atoms with Crippen LogP contribution < -0.4 is 10.6 Å². The zero-order chi connectivity index (χ0) is 18.9. The fourth-order valence-electron chi connectivity index (χ4n) is 2.58. The average Bonchev–Trinajstić information content (AvgIpc) is 2.91. The molecule has 0 saturated carbocycles. The molecule has 1 rings (SSSR count). The second-order valence-corrected chi connectivity index (χ2v) is 5.92. The topological polar surface area (TPSA) is 74.5 Å². The number of guanidine groups is 1. The molecule has 1 aromatic heterocycles. The van der Waals surface area contributed by atoms with E-state index in [0.717, 1.165) is 17.5 Å². The van der Waals surface area contributed by atoms with Crippen LogP contribution in [0.3, 0.4) is 0 Å². The van der Waals surface area contributed by atoms with Crippen LogP contribution in [0.15, 0.2) is 11.2 Å². The summed E-state index contributed by atoms with van der Waals surface area (Å²) in [5.41, 5.74) is -0.869. The van der Waals surface area contributed by atoms with Gasteiger partial charge in [-0.25, -0.2) is 4.99 Å². The van der Waals surface area contributed by atoms with Crippen molar-refractivity contribution in [3.63, 3.8) is 0 Å². The highest BCUT2D eigenvalue weighted by atomic mass is 127. The second kappa shape index (κ2) is 12.4. The Kier molecular flexibility index (Phi) is 11.9. The highest BCUT2D eigenvalue weighted by Crippen LogP contribution is 2.30. The van der Waals surface area contributed by atoms with E-state index in [4.69, 9.17) is 5.11 Å². The molecule has 6 nitrogen and oxygen atoms in total. The maximum Gasteiger partial charge on any atom is 0.435 e. The van der Waals surface area contributed by atoms with Crippen molar-refractivity contribution in [2.24, 2.45) is 18.0 Å². The first-order valence-corrected chi connectivity index (χ1v) is 8.54. The number of hydrogen-bond donors (Lipinski definition) is 3. The first-order chi connectivity index (χ1) is 11.8. The van der Waals surface area contributed by atoms with E-state index in [0.29, 0.717) is 31.4 Å². The molecule has 0 saturated heterocycles. The van der Waals surface area contributed by atoms with Crippen molar-refractivity contribution in [1.82, 2.24) is 20.4 Å². The maximum absolute atomic E-state index is 13.0. The van der Waals surface area contributed by atoms with Crippen LogP contribution >= 0.6 is 24.0 Å². The number of aliphatic hydroxyl groups is 1. The normalized spacial score (nSPS) is 13.3. The number of aliphatic hydroxyl groups excluding tert-OH is 1. The van der Waals surface area contributed by atoms with Gasteiger partial charge >= 0.3 is 6.18 Å². The average molecular weight is 491 g/mol. The monoisotopic (exact) mass is 491 g/mol. The molecule has 0 spiro atoms. The van der Waals surface area contributed by atoms with Crippen molar-refractivity contribution in [2.75, 3.05) is 19.7 Å². The Morgan fingerprint density at radius 3 is 2.54 bits per heavy atom. The van der Waals surface area contributed by atoms with Gasteiger partial charge < -0.3 is 15.7 Å². The summed E-state index contributed by atoms with van der Waals surface area (Å²) in [5.74, 6) is 0.751. The molecule has 0 aliphatic rings. The molecule has 0 radical (unpaired) electrons. The number of alkyl halides is 3. The van der Waals surface area contributed by atoms with Gasteiger partial charge in [0.05, 0.1) is 6.54 Å². The molecule has 3 N–H and O–H groups in total. The number of hydrogen-bond acceptors (Lipinski definition) is 3. The molecule has 152 valence electrons. The molecule has 0 aromatic carbocycles. The highest BCUT2D eigenvalue weighted by molar-refractivity contribution is 14.0. The molecule has 0 amide bonds. The SMILES string of the molecule is CCCC(CCO)CNC(=NCc1cn(C)nc1C(F)(F)F)NCC.I. The van der Waals surface area contributed by atoms with Crippen LogP contribution in [-0.4, -0.2) is 40.5 Å². The molecule has 26 heavy (non-hydrogen) atoms. The minimum Gasteiger partial charge on any atom is -0.396 e. The molecule has 0 aliphatic heterocycles. The van der Waals surface area contributed by atoms with Crippen molar-refractivity contribution in [3.8, 4) is 0 Å². The summed E-state index contributed by atoms with van der Waals surface area (Å²) in [5, 5.41) is 18.8. The molecule has 1 aromatic rings. The summed E-state index contributed by atoms with van der Waals surface area (Å²) in [6, 6.07) is 0. The van der Waals surface area contributed by atoms with Gasteiger partial charge in [-0.3, -0.25) is 4.68 Å². The van der Waals surface area contributed by atoms with E-state index in [-0.39, 0.29) is 42.7 Å². The van der Waals surface area contributed by atoms with Crippen LogP contribution in [0.2, 0.25) is 0 Å². The fraction of sp³-hybridized carbons (Fsp3) is 0.750. The molecule has 0 fully saturated rings. The van der Waals surface area contributed by atoms with Crippen LogP contribution in [0.1, 0.15) is 44.4 Å². The fourth-order valence-corrected chi connectivity index (χ4v) is 2.58. The van der Waals surface area contributed by atoms with Gasteiger partial charge in [-0.05, 0) is 25.7 Å². The molecule has 0 bridgehead atoms. The molecule has 1 atom stereocenters. The van der Waals surface area contributed by atoms with Crippen molar-refractivity contribution < 1.29 is 18.3 Å². The Morgan fingerprint density at radius 2 is 2.00 bits per heavy atom. The highest BCUT2D eigenvalue weighted by Gasteiger charge is 2.36. The Morgan fingerprint density at radius 1 is 1.31 bits per heavy atom. The van der Waals surface area contributed by atoms with E-state index in [2.05, 4.69) is 27.6 Å². The summed E-state index contributed by atoms with van der Waals surface area (Å²) in [4.78, 5) is 4.24. The lowest BCUT2D eigenvalue weighted by atomic mass is 10.0. The number of aliphatic imine (C=N–C) groups is 1. The van der Waals surface area contributed by atoms with Crippen LogP contribution in [0, 0.1) is 5.92 Å². The molecular weight excluding hydrogens is 462 g/mol. The smallest absolute Gasteiger partial charge is 0.396 e. The van der Waals surface area contributed by atoms with Gasteiger partial charge in [0, 0.05) is 38.5 Å². The van der Waals surface area contributed by atoms with Gasteiger partial charge in [-0.2, -0.15) is 18.3 Å². The largest absolute Gasteiger partial charge is 0.435 e. The van der Waals surface area contributed by atoms with Gasteiger partial charge in [0.15, 0.2) is 11.7 Å². The quantitative estimate of drug-likeness (QED) is 0.282. The minimum absolute atomic E-state index is 0. The standard InChI is InChI=1S/C16H28F3N5O.HI/c1-4-6-12(7-8-25)9-21-15(20-5-2)22-10-13-11-24(3)23-14(13)16(17,18)19;/h11-12,25H,4-10H2,1-3H3,(H2,20,21,22);1H. The van der Waals surface area contributed by atoms with E-state index in [1.165, 1.54) is 13.2 Å². The lowest BCUT2D eigenvalue weighted by Crippen LogP contribution is -2.40. The van der Waals surface area contributed by atoms with E-state index in [1.54, 1.807) is 0 Å². The zero-order valence-corrected chi connectivity index (χ0v) is 17.8. The molecule has 10 heteroatoms. The number of halogens is 4. The van der Waals surface area contributed by atoms with E-state index < -0.39 is 11.9 Å². The number of nitrogens with zero attached hydrogens (tertiary/aromatic N) is 3. The van der Waals surface area contributed by atoms with Crippen LogP contribution in [0.5, 0.6) is 0 Å². The summed E-state index contributed by atoms with van der Waals surface area (Å²) < 4.78 is 40.1. The first kappa shape index (κ1) is 25.0. The predicted octanol–water partition coefficient (Wildman–Crippen LogP) is 2.91. The van der Waals surface area contributed by atoms with Gasteiger partial charge in [-0.15, -0.1) is 24.0 Å². The minimum atomic E-state index is -4.49. The Hall–Kier alpha value is -1.04. The number of aryl methyl sites for hydroxylation is 1. The van der Waals surface area contributed by atoms with E-state index in [9.17, 15) is 13.2 Å². The number of rotatable bonds is 9. The second-order valence-electron chi connectivity index (χ2n) is 5.92. The van der Waals surface area contributed by atoms with Gasteiger partial charge in [0.1, 0.15) is 0 Å². The van der Waals surface area contributed by atoms with Crippen molar-refractivity contribution in [1.29, 1.82) is 0 Å². The van der Waals surface area contributed by atoms with Gasteiger partial charge in [-0.1, -0.05) is 13.3 Å². The molecule has 1 unspecified atom stereocenters. The molecular formula is C16H29F3IN5O.